The van der Waals surface area contributed by atoms with E-state index in [0.29, 0.717) is 0 Å². The van der Waals surface area contributed by atoms with E-state index in [1.807, 2.05) is 12.4 Å². The molecule has 278 valence electrons. The highest BCUT2D eigenvalue weighted by atomic mass is 15.1. The maximum Gasteiger partial charge on any atom is 0.0986 e. The highest BCUT2D eigenvalue weighted by Crippen LogP contribution is 2.47. The lowest BCUT2D eigenvalue weighted by molar-refractivity contribution is 0.791. The minimum Gasteiger partial charge on any atom is -0.362 e. The van der Waals surface area contributed by atoms with Crippen molar-refractivity contribution < 1.29 is 0 Å². The molecule has 11 aromatic carbocycles. The lowest BCUT2D eigenvalue weighted by atomic mass is 9.85. The van der Waals surface area contributed by atoms with Crippen LogP contribution in [-0.2, 0) is 26.2 Å². The zero-order valence-electron chi connectivity index (χ0n) is 32.6. The lowest BCUT2D eigenvalue weighted by Crippen LogP contribution is -2.26. The van der Waals surface area contributed by atoms with Crippen molar-refractivity contribution in [2.75, 3.05) is 9.80 Å². The molecule has 60 heavy (non-hydrogen) atoms. The Morgan fingerprint density at radius 1 is 0.283 bits per heavy atom. The molecule has 4 heteroatoms. The first-order chi connectivity index (χ1) is 29.7. The normalized spacial score (nSPS) is 14.3. The summed E-state index contributed by atoms with van der Waals surface area (Å²) in [7, 11) is 0. The predicted molar refractivity (Wildman–Crippen MR) is 252 cm³/mol. The number of pyridine rings is 2. The van der Waals surface area contributed by atoms with Gasteiger partial charge in [0.25, 0.3) is 0 Å². The summed E-state index contributed by atoms with van der Waals surface area (Å²) in [5, 5.41) is 24.1. The fraction of sp³-hybridized carbons (Fsp3) is 0.0714. The van der Waals surface area contributed by atoms with Gasteiger partial charge in [-0.05, 0) is 133 Å². The number of anilines is 2. The van der Waals surface area contributed by atoms with Gasteiger partial charge in [0, 0.05) is 60.7 Å². The van der Waals surface area contributed by atoms with Crippen LogP contribution in [0.3, 0.4) is 0 Å². The third-order valence-corrected chi connectivity index (χ3v) is 14.3. The van der Waals surface area contributed by atoms with E-state index in [2.05, 4.69) is 155 Å². The van der Waals surface area contributed by atoms with E-state index in [-0.39, 0.29) is 0 Å². The molecule has 0 spiro atoms. The van der Waals surface area contributed by atoms with Crippen molar-refractivity contribution in [2.45, 2.75) is 26.2 Å². The quantitative estimate of drug-likeness (QED) is 0.130. The van der Waals surface area contributed by atoms with E-state index in [1.54, 1.807) is 0 Å². The van der Waals surface area contributed by atoms with Crippen molar-refractivity contribution in [3.05, 3.63) is 180 Å². The van der Waals surface area contributed by atoms with Crippen LogP contribution < -0.4 is 9.80 Å². The Morgan fingerprint density at radius 3 is 0.950 bits per heavy atom. The largest absolute Gasteiger partial charge is 0.362 e. The standard InChI is InChI=1S/C56H34N4/c1-5-31-6-2-10-38-42-18-14-34-28-59(27-33-13-17-41(53(42)49(33)34)37(9-1)51(31)38)47-23-25-57-55-45(47)21-22-46-48(24-26-58-56(46)55)60-29-35-15-19-43-39-11-3-7-32-8-4-12-40(52(32)39)44-20-16-36(30-60)50(35)54(43)44/h1-26H,27-30H2. The Balaban J connectivity index is 0.833. The van der Waals surface area contributed by atoms with E-state index in [1.165, 1.54) is 120 Å². The van der Waals surface area contributed by atoms with E-state index < -0.39 is 0 Å². The van der Waals surface area contributed by atoms with Crippen LogP contribution >= 0.6 is 0 Å². The SMILES string of the molecule is c1cc2cccc3c4ccc5c6c(ccc(c(c1)c23)c64)CN(c1ccnc2c1ccc1c(N3Cc4ccc6c7cccc8cccc(c9ccc(c4c69)C3)c87)ccnc12)C5. The molecule has 0 amide bonds. The van der Waals surface area contributed by atoms with Gasteiger partial charge in [0.2, 0.25) is 0 Å². The molecule has 2 aliphatic heterocycles. The third-order valence-electron chi connectivity index (χ3n) is 14.3. The van der Waals surface area contributed by atoms with Gasteiger partial charge in [-0.2, -0.15) is 0 Å². The van der Waals surface area contributed by atoms with Crippen molar-refractivity contribution in [1.82, 2.24) is 9.97 Å². The second kappa shape index (κ2) is 11.1. The Kier molecular flexibility index (Phi) is 5.83. The number of aromatic nitrogens is 2. The summed E-state index contributed by atoms with van der Waals surface area (Å²) in [5.74, 6) is 0. The van der Waals surface area contributed by atoms with E-state index >= 15 is 0 Å². The van der Waals surface area contributed by atoms with Crippen molar-refractivity contribution >= 4 is 119 Å². The number of benzene rings is 11. The first-order valence-electron chi connectivity index (χ1n) is 21.1. The molecular formula is C56H34N4. The first kappa shape index (κ1) is 31.4. The van der Waals surface area contributed by atoms with E-state index in [0.717, 1.165) is 48.0 Å². The maximum absolute atomic E-state index is 5.05. The number of nitrogens with zero attached hydrogens (tertiary/aromatic N) is 4. The summed E-state index contributed by atoms with van der Waals surface area (Å²) in [6.07, 6.45) is 3.96. The Morgan fingerprint density at radius 2 is 0.600 bits per heavy atom. The van der Waals surface area contributed by atoms with Gasteiger partial charge < -0.3 is 9.80 Å². The van der Waals surface area contributed by atoms with Gasteiger partial charge in [-0.1, -0.05) is 121 Å². The number of hydrogen-bond donors (Lipinski definition) is 0. The fourth-order valence-electron chi connectivity index (χ4n) is 11.9. The molecule has 2 aromatic heterocycles. The van der Waals surface area contributed by atoms with E-state index in [4.69, 9.17) is 9.97 Å². The molecule has 2 aliphatic rings. The summed E-state index contributed by atoms with van der Waals surface area (Å²) in [6.45, 7) is 3.36. The second-order valence-corrected chi connectivity index (χ2v) is 17.2. The van der Waals surface area contributed by atoms with Gasteiger partial charge in [-0.15, -0.1) is 0 Å². The maximum atomic E-state index is 5.05. The average molecular weight is 763 g/mol. The molecule has 0 radical (unpaired) electrons. The Bertz CT molecular complexity index is 3590. The van der Waals surface area contributed by atoms with Crippen LogP contribution in [0.2, 0.25) is 0 Å². The summed E-state index contributed by atoms with van der Waals surface area (Å²) in [4.78, 5) is 15.2. The van der Waals surface area contributed by atoms with Crippen LogP contribution in [-0.4, -0.2) is 9.97 Å². The monoisotopic (exact) mass is 762 g/mol. The van der Waals surface area contributed by atoms with Crippen molar-refractivity contribution in [1.29, 1.82) is 0 Å². The number of hydrogen-bond acceptors (Lipinski definition) is 4. The summed E-state index contributed by atoms with van der Waals surface area (Å²) < 4.78 is 0. The van der Waals surface area contributed by atoms with Gasteiger partial charge >= 0.3 is 0 Å². The third kappa shape index (κ3) is 3.92. The van der Waals surface area contributed by atoms with Crippen LogP contribution in [0.25, 0.3) is 108 Å². The zero-order chi connectivity index (χ0) is 38.8. The van der Waals surface area contributed by atoms with Gasteiger partial charge in [0.1, 0.15) is 0 Å². The first-order valence-corrected chi connectivity index (χ1v) is 21.1. The van der Waals surface area contributed by atoms with Crippen molar-refractivity contribution in [3.8, 4) is 0 Å². The molecule has 15 rings (SSSR count). The minimum absolute atomic E-state index is 0.840. The molecule has 4 heterocycles. The average Bonchev–Trinajstić information content (AvgIpc) is 3.30. The van der Waals surface area contributed by atoms with Crippen LogP contribution in [0, 0.1) is 0 Å². The van der Waals surface area contributed by atoms with Crippen LogP contribution in [0.15, 0.2) is 158 Å². The minimum atomic E-state index is 0.840. The zero-order valence-corrected chi connectivity index (χ0v) is 32.6. The molecule has 0 atom stereocenters. The highest BCUT2D eigenvalue weighted by Gasteiger charge is 2.27. The Hall–Kier alpha value is -7.56. The van der Waals surface area contributed by atoms with E-state index in [9.17, 15) is 0 Å². The summed E-state index contributed by atoms with van der Waals surface area (Å²) in [6, 6.07) is 54.9. The van der Waals surface area contributed by atoms with Crippen LogP contribution in [0.1, 0.15) is 22.3 Å². The molecule has 4 nitrogen and oxygen atoms in total. The lowest BCUT2D eigenvalue weighted by Gasteiger charge is -2.33. The number of fused-ring (bicyclic) bond motifs is 7. The van der Waals surface area contributed by atoms with Gasteiger partial charge in [0.05, 0.1) is 11.0 Å². The topological polar surface area (TPSA) is 32.3 Å². The van der Waals surface area contributed by atoms with Gasteiger partial charge in [-0.25, -0.2) is 0 Å². The molecule has 0 N–H and O–H groups in total. The van der Waals surface area contributed by atoms with Gasteiger partial charge in [0.15, 0.2) is 0 Å². The smallest absolute Gasteiger partial charge is 0.0986 e. The number of rotatable bonds is 2. The molecule has 0 unspecified atom stereocenters. The molecule has 0 saturated carbocycles. The summed E-state index contributed by atoms with van der Waals surface area (Å²) in [5.41, 5.74) is 9.82. The molecule has 0 fully saturated rings. The van der Waals surface area contributed by atoms with Gasteiger partial charge in [-0.3, -0.25) is 9.97 Å². The molecule has 0 aliphatic carbocycles. The van der Waals surface area contributed by atoms with Crippen LogP contribution in [0.4, 0.5) is 11.4 Å². The highest BCUT2D eigenvalue weighted by molar-refractivity contribution is 6.35. The molecule has 0 saturated heterocycles. The summed E-state index contributed by atoms with van der Waals surface area (Å²) >= 11 is 0. The van der Waals surface area contributed by atoms with Crippen molar-refractivity contribution in [3.63, 3.8) is 0 Å². The van der Waals surface area contributed by atoms with Crippen LogP contribution in [0.5, 0.6) is 0 Å². The second-order valence-electron chi connectivity index (χ2n) is 17.2. The van der Waals surface area contributed by atoms with Crippen molar-refractivity contribution in [2.24, 2.45) is 0 Å². The molecule has 0 bridgehead atoms. The fourth-order valence-corrected chi connectivity index (χ4v) is 11.9. The Labute approximate surface area is 344 Å². The molecule has 13 aromatic rings. The molecular weight excluding hydrogens is 729 g/mol. The predicted octanol–water partition coefficient (Wildman–Crippen LogP) is 13.9.